The number of aliphatic hydroxyl groups excluding tert-OH is 1. The van der Waals surface area contributed by atoms with Crippen molar-refractivity contribution in [2.75, 3.05) is 6.61 Å². The first-order valence-electron chi connectivity index (χ1n) is 5.41. The predicted molar refractivity (Wildman–Crippen MR) is 60.9 cm³/mol. The molecule has 0 saturated carbocycles. The third-order valence-corrected chi connectivity index (χ3v) is 2.09. The summed E-state index contributed by atoms with van der Waals surface area (Å²) in [6, 6.07) is 1.52. The van der Waals surface area contributed by atoms with Crippen molar-refractivity contribution in [1.82, 2.24) is 4.98 Å². The normalized spacial score (nSPS) is 12.1. The van der Waals surface area contributed by atoms with E-state index in [0.29, 0.717) is 18.3 Å². The van der Waals surface area contributed by atoms with Crippen LogP contribution in [0.25, 0.3) is 0 Å². The summed E-state index contributed by atoms with van der Waals surface area (Å²) in [4.78, 5) is 25.7. The lowest BCUT2D eigenvalue weighted by molar-refractivity contribution is -0.142. The quantitative estimate of drug-likeness (QED) is 0.398. The molecule has 0 aliphatic rings. The van der Waals surface area contributed by atoms with Gasteiger partial charge < -0.3 is 9.84 Å². The van der Waals surface area contributed by atoms with Gasteiger partial charge in [0.1, 0.15) is 5.69 Å². The Labute approximate surface area is 111 Å². The van der Waals surface area contributed by atoms with E-state index in [2.05, 4.69) is 9.72 Å². The third kappa shape index (κ3) is 4.08. The molecular weight excluding hydrogens is 279 g/mol. The minimum Gasteiger partial charge on any atom is -0.502 e. The van der Waals surface area contributed by atoms with Crippen molar-refractivity contribution in [1.29, 1.82) is 0 Å². The van der Waals surface area contributed by atoms with Crippen LogP contribution in [-0.4, -0.2) is 28.4 Å². The maximum Gasteiger partial charge on any atom is 0.433 e. The van der Waals surface area contributed by atoms with Crippen LogP contribution < -0.4 is 0 Å². The molecule has 0 aliphatic carbocycles. The molecule has 108 valence electrons. The second kappa shape index (κ2) is 6.18. The Kier molecular flexibility index (Phi) is 4.84. The lowest BCUT2D eigenvalue weighted by Gasteiger charge is -2.05. The Bertz CT molecular complexity index is 535. The number of pyridine rings is 1. The van der Waals surface area contributed by atoms with Crippen LogP contribution in [-0.2, 0) is 15.7 Å². The van der Waals surface area contributed by atoms with E-state index >= 15 is 0 Å². The fourth-order valence-corrected chi connectivity index (χ4v) is 1.18. The summed E-state index contributed by atoms with van der Waals surface area (Å²) in [6.07, 6.45) is -3.34. The molecule has 0 fully saturated rings. The maximum atomic E-state index is 12.3. The lowest BCUT2D eigenvalue weighted by atomic mass is 10.1. The van der Waals surface area contributed by atoms with E-state index in [1.165, 1.54) is 6.92 Å². The van der Waals surface area contributed by atoms with Gasteiger partial charge in [0, 0.05) is 17.8 Å². The molecule has 1 aromatic rings. The molecule has 0 bridgehead atoms. The van der Waals surface area contributed by atoms with Crippen molar-refractivity contribution >= 4 is 11.8 Å². The average Bonchev–Trinajstić information content (AvgIpc) is 2.38. The molecular formula is C12H10F3NO4. The van der Waals surface area contributed by atoms with Crippen molar-refractivity contribution in [2.24, 2.45) is 0 Å². The summed E-state index contributed by atoms with van der Waals surface area (Å²) in [6.45, 7) is 1.51. The van der Waals surface area contributed by atoms with Crippen molar-refractivity contribution in [3.05, 3.63) is 41.4 Å². The number of allylic oxidation sites excluding steroid dienone is 1. The maximum absolute atomic E-state index is 12.3. The highest BCUT2D eigenvalue weighted by atomic mass is 19.4. The van der Waals surface area contributed by atoms with Crippen LogP contribution in [0.15, 0.2) is 30.2 Å². The number of nitrogens with zero attached hydrogens (tertiary/aromatic N) is 1. The first-order valence-corrected chi connectivity index (χ1v) is 5.41. The van der Waals surface area contributed by atoms with Crippen LogP contribution >= 0.6 is 0 Å². The summed E-state index contributed by atoms with van der Waals surface area (Å²) >= 11 is 0. The molecule has 0 aromatic carbocycles. The number of esters is 1. The van der Waals surface area contributed by atoms with Crippen LogP contribution in [0.3, 0.4) is 0 Å². The highest BCUT2D eigenvalue weighted by Crippen LogP contribution is 2.27. The summed E-state index contributed by atoms with van der Waals surface area (Å²) in [5, 5.41) is 9.23. The highest BCUT2D eigenvalue weighted by Gasteiger charge is 2.32. The van der Waals surface area contributed by atoms with Crippen molar-refractivity contribution in [3.8, 4) is 0 Å². The Hall–Kier alpha value is -2.38. The summed E-state index contributed by atoms with van der Waals surface area (Å²) < 4.78 is 41.2. The number of ketones is 1. The molecule has 1 rings (SSSR count). The van der Waals surface area contributed by atoms with Crippen LogP contribution in [0.4, 0.5) is 13.2 Å². The van der Waals surface area contributed by atoms with Gasteiger partial charge in [-0.2, -0.15) is 13.2 Å². The van der Waals surface area contributed by atoms with E-state index in [1.807, 2.05) is 0 Å². The zero-order valence-electron chi connectivity index (χ0n) is 10.3. The van der Waals surface area contributed by atoms with Gasteiger partial charge in [0.15, 0.2) is 5.78 Å². The fraction of sp³-hybridized carbons (Fsp3) is 0.250. The zero-order valence-corrected chi connectivity index (χ0v) is 10.3. The third-order valence-electron chi connectivity index (χ3n) is 2.09. The van der Waals surface area contributed by atoms with Crippen LogP contribution in [0, 0.1) is 0 Å². The van der Waals surface area contributed by atoms with Crippen molar-refractivity contribution in [2.45, 2.75) is 13.1 Å². The number of carbonyl (C=O) groups excluding carboxylic acids is 2. The van der Waals surface area contributed by atoms with Crippen molar-refractivity contribution in [3.63, 3.8) is 0 Å². The number of rotatable bonds is 4. The average molecular weight is 289 g/mol. The molecule has 0 spiro atoms. The van der Waals surface area contributed by atoms with Gasteiger partial charge in [-0.3, -0.25) is 9.78 Å². The molecule has 0 aliphatic heterocycles. The molecule has 20 heavy (non-hydrogen) atoms. The Morgan fingerprint density at radius 3 is 2.50 bits per heavy atom. The number of aromatic nitrogens is 1. The van der Waals surface area contributed by atoms with Gasteiger partial charge in [0.25, 0.3) is 0 Å². The van der Waals surface area contributed by atoms with Gasteiger partial charge in [0.2, 0.25) is 5.76 Å². The van der Waals surface area contributed by atoms with Gasteiger partial charge in [-0.25, -0.2) is 4.79 Å². The van der Waals surface area contributed by atoms with Gasteiger partial charge >= 0.3 is 12.1 Å². The summed E-state index contributed by atoms with van der Waals surface area (Å²) in [7, 11) is 0. The topological polar surface area (TPSA) is 76.5 Å². The monoisotopic (exact) mass is 289 g/mol. The van der Waals surface area contributed by atoms with E-state index in [1.54, 1.807) is 0 Å². The number of hydrogen-bond donors (Lipinski definition) is 1. The van der Waals surface area contributed by atoms with Gasteiger partial charge in [-0.05, 0) is 19.1 Å². The standard InChI is InChI=1S/C12H10F3NO4/c1-2-20-11(19)9(18)5-8(17)7-3-4-10(16-6-7)12(13,14)15/h3-6,18H,2H2,1H3/b9-5-. The van der Waals surface area contributed by atoms with Crippen LogP contribution in [0.1, 0.15) is 23.0 Å². The van der Waals surface area contributed by atoms with E-state index in [-0.39, 0.29) is 12.2 Å². The number of aliphatic hydroxyl groups is 1. The summed E-state index contributed by atoms with van der Waals surface area (Å²) in [5.41, 5.74) is -1.35. The van der Waals surface area contributed by atoms with Crippen LogP contribution in [0.5, 0.6) is 0 Å². The van der Waals surface area contributed by atoms with Gasteiger partial charge in [0.05, 0.1) is 6.61 Å². The Balaban J connectivity index is 2.88. The molecule has 0 unspecified atom stereocenters. The molecule has 1 N–H and O–H groups in total. The predicted octanol–water partition coefficient (Wildman–Crippen LogP) is 2.29. The largest absolute Gasteiger partial charge is 0.502 e. The highest BCUT2D eigenvalue weighted by molar-refractivity contribution is 6.07. The lowest BCUT2D eigenvalue weighted by Crippen LogP contribution is -2.11. The number of alkyl halides is 3. The molecule has 0 saturated heterocycles. The second-order valence-corrected chi connectivity index (χ2v) is 3.54. The molecule has 0 amide bonds. The molecule has 8 heteroatoms. The Morgan fingerprint density at radius 1 is 1.40 bits per heavy atom. The molecule has 0 atom stereocenters. The second-order valence-electron chi connectivity index (χ2n) is 3.54. The smallest absolute Gasteiger partial charge is 0.433 e. The van der Waals surface area contributed by atoms with E-state index in [0.717, 1.165) is 6.07 Å². The first kappa shape index (κ1) is 15.7. The molecule has 0 radical (unpaired) electrons. The SMILES string of the molecule is CCOC(=O)/C(O)=C/C(=O)c1ccc(C(F)(F)F)nc1. The number of carbonyl (C=O) groups is 2. The van der Waals surface area contributed by atoms with E-state index in [9.17, 15) is 27.9 Å². The van der Waals surface area contributed by atoms with Gasteiger partial charge in [-0.15, -0.1) is 0 Å². The minimum absolute atomic E-state index is 0.00671. The van der Waals surface area contributed by atoms with Gasteiger partial charge in [-0.1, -0.05) is 0 Å². The van der Waals surface area contributed by atoms with E-state index < -0.39 is 29.4 Å². The number of halogens is 3. The minimum atomic E-state index is -4.61. The summed E-state index contributed by atoms with van der Waals surface area (Å²) in [5.74, 6) is -2.89. The first-order chi connectivity index (χ1) is 9.25. The van der Waals surface area contributed by atoms with E-state index in [4.69, 9.17) is 0 Å². The number of hydrogen-bond acceptors (Lipinski definition) is 5. The number of ether oxygens (including phenoxy) is 1. The molecule has 1 heterocycles. The zero-order chi connectivity index (χ0) is 15.3. The van der Waals surface area contributed by atoms with Crippen molar-refractivity contribution < 1.29 is 32.6 Å². The molecule has 1 aromatic heterocycles. The Morgan fingerprint density at radius 2 is 2.05 bits per heavy atom. The fourth-order valence-electron chi connectivity index (χ4n) is 1.18. The molecule has 5 nitrogen and oxygen atoms in total. The van der Waals surface area contributed by atoms with Crippen LogP contribution in [0.2, 0.25) is 0 Å².